The predicted molar refractivity (Wildman–Crippen MR) is 166 cm³/mol. The molecule has 2 amide bonds. The second-order valence-corrected chi connectivity index (χ2v) is 13.2. The molecule has 3 fully saturated rings. The highest BCUT2D eigenvalue weighted by Crippen LogP contribution is 2.44. The number of carboxylic acid groups (broad SMARTS) is 1. The molecule has 1 aliphatic carbocycles. The standard InChI is InChI=1S/C26H29N11O9S2/c27-22(33-19-14-5-29-6-15(14)19)12-1-3-13(4-2-12)45-8-18(25(40)41)46-35-20(16-9-47-26(28)32-16)23(38)34-21-17(7-36-11-30-10-31-36)37(24(21)39)48(42,43)44/h1-4,9-11,14-15,17-19,21,29H,5-8H2,(H2,27,33)(H2,28,32)(H,34,38)(H,40,41)(H,42,43,44)/b35-20-/t14?,15?,17-,18?,19?,21+/m1/s1. The lowest BCUT2D eigenvalue weighted by Gasteiger charge is -2.43. The largest absolute Gasteiger partial charge is 0.489 e. The monoisotopic (exact) mass is 703 g/mol. The van der Waals surface area contributed by atoms with Crippen molar-refractivity contribution in [3.63, 3.8) is 0 Å². The number of aliphatic imine (C=N–C) groups is 1. The third-order valence-corrected chi connectivity index (χ3v) is 9.58. The quantitative estimate of drug-likeness (QED) is 0.0338. The number of carbonyl (C=O) groups is 3. The zero-order valence-electron chi connectivity index (χ0n) is 24.7. The number of aromatic nitrogens is 4. The molecule has 3 aromatic rings. The van der Waals surface area contributed by atoms with Gasteiger partial charge in [-0.15, -0.1) is 11.3 Å². The number of aliphatic carboxylic acids is 1. The number of oxime groups is 1. The van der Waals surface area contributed by atoms with Crippen LogP contribution in [0, 0.1) is 11.8 Å². The third kappa shape index (κ3) is 6.90. The maximum absolute atomic E-state index is 13.4. The molecule has 4 heterocycles. The summed E-state index contributed by atoms with van der Waals surface area (Å²) in [5.41, 5.74) is 11.9. The number of benzene rings is 1. The second kappa shape index (κ2) is 13.1. The van der Waals surface area contributed by atoms with Gasteiger partial charge in [-0.2, -0.15) is 13.5 Å². The number of hydrogen-bond donors (Lipinski definition) is 6. The lowest BCUT2D eigenvalue weighted by atomic mass is 9.98. The minimum atomic E-state index is -4.98. The highest BCUT2D eigenvalue weighted by molar-refractivity contribution is 7.84. The van der Waals surface area contributed by atoms with E-state index >= 15 is 0 Å². The number of piperidine rings is 1. The minimum Gasteiger partial charge on any atom is -0.489 e. The number of amides is 2. The first-order valence-corrected chi connectivity index (χ1v) is 16.6. The molecule has 3 aliphatic rings. The summed E-state index contributed by atoms with van der Waals surface area (Å²) in [4.78, 5) is 55.6. The molecule has 1 aromatic carbocycles. The molecule has 0 bridgehead atoms. The van der Waals surface area contributed by atoms with Gasteiger partial charge in [0.15, 0.2) is 10.8 Å². The molecule has 6 rings (SSSR count). The first kappa shape index (κ1) is 32.7. The molecule has 20 nitrogen and oxygen atoms in total. The van der Waals surface area contributed by atoms with E-state index in [2.05, 4.69) is 35.8 Å². The summed E-state index contributed by atoms with van der Waals surface area (Å²) < 4.78 is 40.2. The van der Waals surface area contributed by atoms with Gasteiger partial charge in [0.05, 0.1) is 18.6 Å². The van der Waals surface area contributed by atoms with E-state index in [1.807, 2.05) is 0 Å². The number of nitrogen functional groups attached to an aromatic ring is 1. The Balaban J connectivity index is 1.13. The molecule has 1 saturated carbocycles. The number of hydrogen-bond acceptors (Lipinski definition) is 15. The summed E-state index contributed by atoms with van der Waals surface area (Å²) in [5.74, 6) is -1.97. The van der Waals surface area contributed by atoms with E-state index in [0.717, 1.165) is 24.4 Å². The zero-order chi connectivity index (χ0) is 34.2. The Labute approximate surface area is 275 Å². The van der Waals surface area contributed by atoms with Crippen LogP contribution in [0.2, 0.25) is 0 Å². The zero-order valence-corrected chi connectivity index (χ0v) is 26.3. The van der Waals surface area contributed by atoms with E-state index in [-0.39, 0.29) is 27.7 Å². The molecule has 0 spiro atoms. The number of carboxylic acids is 1. The number of thiazole rings is 1. The number of ether oxygens (including phenoxy) is 1. The van der Waals surface area contributed by atoms with Gasteiger partial charge >= 0.3 is 16.3 Å². The normalized spacial score (nSPS) is 24.4. The molecular formula is C26H29N11O9S2. The van der Waals surface area contributed by atoms with Crippen molar-refractivity contribution < 1.29 is 42.0 Å². The van der Waals surface area contributed by atoms with E-state index in [0.29, 0.717) is 29.0 Å². The van der Waals surface area contributed by atoms with Crippen LogP contribution in [0.1, 0.15) is 11.3 Å². The van der Waals surface area contributed by atoms with Gasteiger partial charge in [0.2, 0.25) is 0 Å². The average Bonchev–Trinajstić information content (AvgIpc) is 3.57. The van der Waals surface area contributed by atoms with Gasteiger partial charge in [-0.05, 0) is 24.3 Å². The number of anilines is 1. The van der Waals surface area contributed by atoms with Crippen molar-refractivity contribution in [2.45, 2.75) is 30.8 Å². The Morgan fingerprint density at radius 2 is 1.96 bits per heavy atom. The highest BCUT2D eigenvalue weighted by Gasteiger charge is 2.55. The molecule has 2 aromatic heterocycles. The molecular weight excluding hydrogens is 674 g/mol. The van der Waals surface area contributed by atoms with Crippen molar-refractivity contribution in [1.29, 1.82) is 0 Å². The van der Waals surface area contributed by atoms with Gasteiger partial charge in [0.1, 0.15) is 42.6 Å². The van der Waals surface area contributed by atoms with Gasteiger partial charge in [-0.1, -0.05) is 5.16 Å². The first-order chi connectivity index (χ1) is 22.9. The number of nitrogens with zero attached hydrogens (tertiary/aromatic N) is 7. The summed E-state index contributed by atoms with van der Waals surface area (Å²) in [6, 6.07) is 4.02. The Morgan fingerprint density at radius 1 is 1.23 bits per heavy atom. The SMILES string of the molecule is NC(=NC1C2CNCC21)c1ccc(OCC(O/N=C(\C(=O)N[C@@H]2C(=O)N(S(=O)(=O)O)[C@@H]2Cn2cncn2)c2csc(N)n2)C(=O)O)cc1. The molecule has 48 heavy (non-hydrogen) atoms. The van der Waals surface area contributed by atoms with E-state index in [1.54, 1.807) is 24.3 Å². The number of β-lactam (4-membered cyclic amide) rings is 1. The lowest BCUT2D eigenvalue weighted by molar-refractivity contribution is -0.152. The average molecular weight is 704 g/mol. The number of rotatable bonds is 14. The highest BCUT2D eigenvalue weighted by atomic mass is 32.2. The van der Waals surface area contributed by atoms with Gasteiger partial charge in [0.25, 0.3) is 17.9 Å². The Kier molecular flexibility index (Phi) is 8.96. The van der Waals surface area contributed by atoms with Crippen LogP contribution in [0.4, 0.5) is 5.13 Å². The fourth-order valence-corrected chi connectivity index (χ4v) is 6.86. The summed E-state index contributed by atoms with van der Waals surface area (Å²) in [6.07, 6.45) is 0.700. The predicted octanol–water partition coefficient (Wildman–Crippen LogP) is -2.31. The Morgan fingerprint density at radius 3 is 2.56 bits per heavy atom. The smallest absolute Gasteiger partial charge is 0.362 e. The van der Waals surface area contributed by atoms with Crippen LogP contribution in [0.3, 0.4) is 0 Å². The van der Waals surface area contributed by atoms with E-state index < -0.39 is 58.6 Å². The van der Waals surface area contributed by atoms with Crippen molar-refractivity contribution >= 4 is 56.1 Å². The van der Waals surface area contributed by atoms with Gasteiger partial charge in [-0.25, -0.2) is 19.1 Å². The minimum absolute atomic E-state index is 0.0380. The van der Waals surface area contributed by atoms with E-state index in [9.17, 15) is 32.5 Å². The maximum Gasteiger partial charge on any atom is 0.362 e. The van der Waals surface area contributed by atoms with Gasteiger partial charge < -0.3 is 36.8 Å². The fraction of sp³-hybridized carbons (Fsp3) is 0.385. The number of nitrogens with one attached hydrogen (secondary N) is 2. The van der Waals surface area contributed by atoms with Crippen molar-refractivity contribution in [3.05, 3.63) is 53.6 Å². The number of fused-ring (bicyclic) bond motifs is 1. The Hall–Kier alpha value is -5.19. The van der Waals surface area contributed by atoms with Crippen LogP contribution in [-0.4, -0.2) is 115 Å². The first-order valence-electron chi connectivity index (χ1n) is 14.3. The van der Waals surface area contributed by atoms with Crippen LogP contribution in [-0.2, 0) is 36.1 Å². The van der Waals surface area contributed by atoms with E-state index in [1.165, 1.54) is 22.7 Å². The number of amidine groups is 1. The third-order valence-electron chi connectivity index (χ3n) is 7.96. The van der Waals surface area contributed by atoms with Crippen molar-refractivity contribution in [2.75, 3.05) is 25.4 Å². The van der Waals surface area contributed by atoms with Crippen molar-refractivity contribution in [3.8, 4) is 5.75 Å². The summed E-state index contributed by atoms with van der Waals surface area (Å²) in [7, 11) is -4.98. The number of nitrogens with two attached hydrogens (primary N) is 2. The topological polar surface area (TPSA) is 292 Å². The molecule has 0 radical (unpaired) electrons. The molecule has 2 aliphatic heterocycles. The molecule has 2 saturated heterocycles. The van der Waals surface area contributed by atoms with E-state index in [4.69, 9.17) is 21.0 Å². The molecule has 3 unspecified atom stereocenters. The van der Waals surface area contributed by atoms with Crippen LogP contribution < -0.4 is 26.8 Å². The van der Waals surface area contributed by atoms with Crippen LogP contribution >= 0.6 is 11.3 Å². The fourth-order valence-electron chi connectivity index (χ4n) is 5.44. The maximum atomic E-state index is 13.4. The van der Waals surface area contributed by atoms with Crippen LogP contribution in [0.5, 0.6) is 5.75 Å². The molecule has 5 atom stereocenters. The van der Waals surface area contributed by atoms with Crippen molar-refractivity contribution in [1.82, 2.24) is 34.7 Å². The summed E-state index contributed by atoms with van der Waals surface area (Å²) in [6.45, 7) is 1.07. The molecule has 254 valence electrons. The van der Waals surface area contributed by atoms with Crippen molar-refractivity contribution in [2.24, 2.45) is 27.7 Å². The summed E-state index contributed by atoms with van der Waals surface area (Å²) in [5, 5.41) is 24.3. The van der Waals surface area contributed by atoms with Gasteiger partial charge in [-0.3, -0.25) is 23.8 Å². The van der Waals surface area contributed by atoms with Gasteiger partial charge in [0, 0.05) is 35.9 Å². The lowest BCUT2D eigenvalue weighted by Crippen LogP contribution is -2.73. The molecule has 8 N–H and O–H groups in total. The second-order valence-electron chi connectivity index (χ2n) is 11.0. The summed E-state index contributed by atoms with van der Waals surface area (Å²) >= 11 is 0.941. The molecule has 22 heteroatoms. The number of carbonyl (C=O) groups excluding carboxylic acids is 2. The Bertz CT molecular complexity index is 1850. The van der Waals surface area contributed by atoms with Crippen LogP contribution in [0.15, 0.2) is 52.4 Å². The van der Waals surface area contributed by atoms with Crippen LogP contribution in [0.25, 0.3) is 0 Å².